The fourth-order valence-electron chi connectivity index (χ4n) is 1.65. The maximum atomic E-state index is 12.0. The zero-order chi connectivity index (χ0) is 13.3. The van der Waals surface area contributed by atoms with Crippen LogP contribution in [-0.2, 0) is 14.3 Å². The first-order valence-corrected chi connectivity index (χ1v) is 4.89. The molecule has 0 spiro atoms. The lowest BCUT2D eigenvalue weighted by atomic mass is 9.96. The molecule has 0 bridgehead atoms. The SMILES string of the molecule is C=CCC1(C)CC(NC(=O)C(F)(F)F)C(=O)O1. The van der Waals surface area contributed by atoms with E-state index in [4.69, 9.17) is 4.74 Å². The molecular formula is C10H12F3NO3. The minimum absolute atomic E-state index is 0.000324. The highest BCUT2D eigenvalue weighted by Crippen LogP contribution is 2.30. The van der Waals surface area contributed by atoms with E-state index in [-0.39, 0.29) is 6.42 Å². The molecule has 0 saturated carbocycles. The van der Waals surface area contributed by atoms with Crippen molar-refractivity contribution in [2.45, 2.75) is 37.6 Å². The first-order valence-electron chi connectivity index (χ1n) is 4.89. The van der Waals surface area contributed by atoms with Crippen molar-refractivity contribution < 1.29 is 27.5 Å². The van der Waals surface area contributed by atoms with E-state index in [1.807, 2.05) is 0 Å². The van der Waals surface area contributed by atoms with Crippen molar-refractivity contribution in [2.24, 2.45) is 0 Å². The van der Waals surface area contributed by atoms with Crippen molar-refractivity contribution in [3.05, 3.63) is 12.7 Å². The second-order valence-corrected chi connectivity index (χ2v) is 4.09. The molecule has 0 aromatic heterocycles. The third kappa shape index (κ3) is 3.21. The highest BCUT2D eigenvalue weighted by atomic mass is 19.4. The highest BCUT2D eigenvalue weighted by molar-refractivity contribution is 5.88. The number of nitrogens with one attached hydrogen (secondary N) is 1. The molecule has 7 heteroatoms. The van der Waals surface area contributed by atoms with Gasteiger partial charge >= 0.3 is 18.1 Å². The summed E-state index contributed by atoms with van der Waals surface area (Å²) in [6, 6.07) is -1.26. The van der Waals surface area contributed by atoms with E-state index in [1.165, 1.54) is 6.08 Å². The number of hydrogen-bond acceptors (Lipinski definition) is 3. The Bertz CT molecular complexity index is 353. The van der Waals surface area contributed by atoms with Crippen molar-refractivity contribution in [2.75, 3.05) is 0 Å². The molecular weight excluding hydrogens is 239 g/mol. The van der Waals surface area contributed by atoms with Gasteiger partial charge in [0.15, 0.2) is 0 Å². The maximum absolute atomic E-state index is 12.0. The van der Waals surface area contributed by atoms with Gasteiger partial charge in [0.25, 0.3) is 0 Å². The Hall–Kier alpha value is -1.53. The van der Waals surface area contributed by atoms with Gasteiger partial charge in [0.1, 0.15) is 11.6 Å². The van der Waals surface area contributed by atoms with E-state index in [0.29, 0.717) is 6.42 Å². The van der Waals surface area contributed by atoms with E-state index in [9.17, 15) is 22.8 Å². The first kappa shape index (κ1) is 13.5. The molecule has 96 valence electrons. The number of cyclic esters (lactones) is 1. The highest BCUT2D eigenvalue weighted by Gasteiger charge is 2.47. The van der Waals surface area contributed by atoms with Gasteiger partial charge in [-0.2, -0.15) is 13.2 Å². The average Bonchev–Trinajstić information content (AvgIpc) is 2.40. The number of hydrogen-bond donors (Lipinski definition) is 1. The number of esters is 1. The molecule has 1 aliphatic rings. The minimum Gasteiger partial charge on any atom is -0.457 e. The molecule has 1 saturated heterocycles. The molecule has 1 N–H and O–H groups in total. The Morgan fingerprint density at radius 2 is 2.29 bits per heavy atom. The maximum Gasteiger partial charge on any atom is 0.471 e. The zero-order valence-electron chi connectivity index (χ0n) is 9.13. The Morgan fingerprint density at radius 3 is 2.76 bits per heavy atom. The molecule has 0 aliphatic carbocycles. The summed E-state index contributed by atoms with van der Waals surface area (Å²) in [7, 11) is 0. The predicted molar refractivity (Wildman–Crippen MR) is 51.9 cm³/mol. The lowest BCUT2D eigenvalue weighted by molar-refractivity contribution is -0.175. The van der Waals surface area contributed by atoms with Gasteiger partial charge in [0.2, 0.25) is 0 Å². The number of carbonyl (C=O) groups is 2. The molecule has 2 atom stereocenters. The Balaban J connectivity index is 2.66. The van der Waals surface area contributed by atoms with Crippen LogP contribution in [0.15, 0.2) is 12.7 Å². The van der Waals surface area contributed by atoms with Crippen molar-refractivity contribution in [3.63, 3.8) is 0 Å². The standard InChI is InChI=1S/C10H12F3NO3/c1-3-4-9(2)5-6(7(15)17-9)14-8(16)10(11,12)13/h3,6H,1,4-5H2,2H3,(H,14,16). The van der Waals surface area contributed by atoms with Gasteiger partial charge in [0, 0.05) is 12.8 Å². The van der Waals surface area contributed by atoms with Crippen LogP contribution in [0.1, 0.15) is 19.8 Å². The molecule has 17 heavy (non-hydrogen) atoms. The Labute approximate surface area is 95.8 Å². The first-order chi connectivity index (χ1) is 7.68. The molecule has 0 radical (unpaired) electrons. The predicted octanol–water partition coefficient (Wildman–Crippen LogP) is 1.32. The molecule has 1 fully saturated rings. The van der Waals surface area contributed by atoms with E-state index >= 15 is 0 Å². The van der Waals surface area contributed by atoms with Crippen LogP contribution in [-0.4, -0.2) is 29.7 Å². The molecule has 1 amide bonds. The normalized spacial score (nSPS) is 28.7. The Kier molecular flexibility index (Phi) is 3.49. The number of amides is 1. The molecule has 0 aromatic rings. The lowest BCUT2D eigenvalue weighted by Gasteiger charge is -2.20. The summed E-state index contributed by atoms with van der Waals surface area (Å²) >= 11 is 0. The molecule has 1 heterocycles. The minimum atomic E-state index is -5.00. The third-order valence-electron chi connectivity index (χ3n) is 2.41. The van der Waals surface area contributed by atoms with Crippen molar-refractivity contribution in [3.8, 4) is 0 Å². The fourth-order valence-corrected chi connectivity index (χ4v) is 1.65. The summed E-state index contributed by atoms with van der Waals surface area (Å²) in [5.74, 6) is -2.99. The summed E-state index contributed by atoms with van der Waals surface area (Å²) in [6.07, 6.45) is -3.18. The molecule has 0 aromatic carbocycles. The zero-order valence-corrected chi connectivity index (χ0v) is 9.13. The van der Waals surface area contributed by atoms with Gasteiger partial charge in [-0.1, -0.05) is 6.08 Å². The van der Waals surface area contributed by atoms with E-state index < -0.39 is 29.7 Å². The van der Waals surface area contributed by atoms with Crippen LogP contribution in [0, 0.1) is 0 Å². The van der Waals surface area contributed by atoms with Crippen LogP contribution in [0.5, 0.6) is 0 Å². The van der Waals surface area contributed by atoms with Gasteiger partial charge in [-0.15, -0.1) is 6.58 Å². The smallest absolute Gasteiger partial charge is 0.457 e. The monoisotopic (exact) mass is 251 g/mol. The van der Waals surface area contributed by atoms with Crippen molar-refractivity contribution in [1.82, 2.24) is 5.32 Å². The van der Waals surface area contributed by atoms with Crippen LogP contribution in [0.25, 0.3) is 0 Å². The van der Waals surface area contributed by atoms with E-state index in [1.54, 1.807) is 12.2 Å². The van der Waals surface area contributed by atoms with E-state index in [2.05, 4.69) is 6.58 Å². The van der Waals surface area contributed by atoms with Crippen LogP contribution >= 0.6 is 0 Å². The second kappa shape index (κ2) is 4.38. The topological polar surface area (TPSA) is 55.4 Å². The molecule has 1 aliphatic heterocycles. The largest absolute Gasteiger partial charge is 0.471 e. The second-order valence-electron chi connectivity index (χ2n) is 4.09. The number of alkyl halides is 3. The molecule has 4 nitrogen and oxygen atoms in total. The summed E-state index contributed by atoms with van der Waals surface area (Å²) < 4.78 is 40.9. The number of ether oxygens (including phenoxy) is 1. The fraction of sp³-hybridized carbons (Fsp3) is 0.600. The quantitative estimate of drug-likeness (QED) is 0.608. The van der Waals surface area contributed by atoms with Gasteiger partial charge in [-0.05, 0) is 6.92 Å². The van der Waals surface area contributed by atoms with Gasteiger partial charge < -0.3 is 10.1 Å². The number of rotatable bonds is 3. The average molecular weight is 251 g/mol. The number of carbonyl (C=O) groups excluding carboxylic acids is 2. The summed E-state index contributed by atoms with van der Waals surface area (Å²) in [4.78, 5) is 22.0. The van der Waals surface area contributed by atoms with Gasteiger partial charge in [-0.25, -0.2) is 4.79 Å². The number of halogens is 3. The van der Waals surface area contributed by atoms with Crippen molar-refractivity contribution in [1.29, 1.82) is 0 Å². The van der Waals surface area contributed by atoms with Crippen LogP contribution in [0.2, 0.25) is 0 Å². The summed E-state index contributed by atoms with van der Waals surface area (Å²) in [5.41, 5.74) is -0.900. The van der Waals surface area contributed by atoms with Crippen molar-refractivity contribution >= 4 is 11.9 Å². The third-order valence-corrected chi connectivity index (χ3v) is 2.41. The van der Waals surface area contributed by atoms with Crippen LogP contribution < -0.4 is 5.32 Å². The summed E-state index contributed by atoms with van der Waals surface area (Å²) in [5, 5.41) is 1.61. The lowest BCUT2D eigenvalue weighted by Crippen LogP contribution is -2.45. The van der Waals surface area contributed by atoms with Gasteiger partial charge in [-0.3, -0.25) is 4.79 Å². The van der Waals surface area contributed by atoms with Crippen LogP contribution in [0.3, 0.4) is 0 Å². The Morgan fingerprint density at radius 1 is 1.71 bits per heavy atom. The molecule has 1 rings (SSSR count). The summed E-state index contributed by atoms with van der Waals surface area (Å²) in [6.45, 7) is 5.04. The molecule has 2 unspecified atom stereocenters. The van der Waals surface area contributed by atoms with E-state index in [0.717, 1.165) is 0 Å². The van der Waals surface area contributed by atoms with Gasteiger partial charge in [0.05, 0.1) is 0 Å². The van der Waals surface area contributed by atoms with Crippen LogP contribution in [0.4, 0.5) is 13.2 Å².